The lowest BCUT2D eigenvalue weighted by Gasteiger charge is -2.49. The second-order valence-corrected chi connectivity index (χ2v) is 11.0. The number of halogens is 5. The predicted octanol–water partition coefficient (Wildman–Crippen LogP) is 8.05. The van der Waals surface area contributed by atoms with Crippen molar-refractivity contribution in [2.75, 3.05) is 6.54 Å². The quantitative estimate of drug-likeness (QED) is 0.382. The fourth-order valence-corrected chi connectivity index (χ4v) is 5.04. The van der Waals surface area contributed by atoms with Crippen molar-refractivity contribution in [3.05, 3.63) is 70.8 Å². The Morgan fingerprint density at radius 3 is 2.14 bits per heavy atom. The van der Waals surface area contributed by atoms with E-state index in [0.29, 0.717) is 24.0 Å². The van der Waals surface area contributed by atoms with E-state index in [1.54, 1.807) is 24.3 Å². The fraction of sp³-hybridized carbons (Fsp3) is 0.536. The number of piperidine rings is 1. The highest BCUT2D eigenvalue weighted by Gasteiger charge is 2.52. The summed E-state index contributed by atoms with van der Waals surface area (Å²) in [5.41, 5.74) is 1.26. The van der Waals surface area contributed by atoms with Gasteiger partial charge in [0.1, 0.15) is 0 Å². The van der Waals surface area contributed by atoms with Gasteiger partial charge < -0.3 is 5.11 Å². The molecule has 1 aliphatic rings. The van der Waals surface area contributed by atoms with Gasteiger partial charge in [-0.2, -0.15) is 13.2 Å². The molecule has 3 nitrogen and oxygen atoms in total. The van der Waals surface area contributed by atoms with Crippen molar-refractivity contribution in [1.29, 1.82) is 0 Å². The minimum Gasteiger partial charge on any atom is -0.481 e. The zero-order chi connectivity index (χ0) is 26.9. The average Bonchev–Trinajstić information content (AvgIpc) is 2.75. The van der Waals surface area contributed by atoms with E-state index in [1.165, 1.54) is 12.1 Å². The second-order valence-electron chi connectivity index (χ2n) is 11.0. The van der Waals surface area contributed by atoms with Gasteiger partial charge in [-0.3, -0.25) is 9.69 Å². The molecule has 0 aliphatic carbocycles. The lowest BCUT2D eigenvalue weighted by Crippen LogP contribution is -2.51. The summed E-state index contributed by atoms with van der Waals surface area (Å²) >= 11 is 0. The Kier molecular flexibility index (Phi) is 8.18. The van der Waals surface area contributed by atoms with Crippen LogP contribution >= 0.6 is 0 Å². The first kappa shape index (κ1) is 28.1. The van der Waals surface area contributed by atoms with Crippen LogP contribution < -0.4 is 0 Å². The van der Waals surface area contributed by atoms with E-state index in [0.717, 1.165) is 17.7 Å². The van der Waals surface area contributed by atoms with Gasteiger partial charge in [0.25, 0.3) is 5.92 Å². The van der Waals surface area contributed by atoms with Crippen LogP contribution in [0.2, 0.25) is 0 Å². The van der Waals surface area contributed by atoms with Crippen LogP contribution in [-0.4, -0.2) is 28.4 Å². The number of carbonyl (C=O) groups is 1. The van der Waals surface area contributed by atoms with Gasteiger partial charge in [0.2, 0.25) is 0 Å². The Balaban J connectivity index is 2.12. The molecule has 2 aromatic carbocycles. The van der Waals surface area contributed by atoms with Gasteiger partial charge in [0.05, 0.1) is 17.9 Å². The maximum absolute atomic E-state index is 15.2. The van der Waals surface area contributed by atoms with E-state index in [1.807, 2.05) is 32.6 Å². The Morgan fingerprint density at radius 2 is 1.64 bits per heavy atom. The van der Waals surface area contributed by atoms with Crippen molar-refractivity contribution in [3.63, 3.8) is 0 Å². The van der Waals surface area contributed by atoms with Gasteiger partial charge in [0, 0.05) is 25.0 Å². The molecule has 0 amide bonds. The molecule has 36 heavy (non-hydrogen) atoms. The molecule has 0 radical (unpaired) electrons. The summed E-state index contributed by atoms with van der Waals surface area (Å²) in [5.74, 6) is -5.98. The first-order valence-corrected chi connectivity index (χ1v) is 12.2. The summed E-state index contributed by atoms with van der Waals surface area (Å²) in [4.78, 5) is 13.6. The Hall–Kier alpha value is -2.48. The molecule has 1 heterocycles. The molecule has 2 aromatic rings. The lowest BCUT2D eigenvalue weighted by atomic mass is 9.77. The molecular formula is C28H34F5NO2. The number of likely N-dealkylation sites (tertiary alicyclic amines) is 1. The number of carboxylic acids is 1. The summed E-state index contributed by atoms with van der Waals surface area (Å²) in [6, 6.07) is 10.6. The van der Waals surface area contributed by atoms with E-state index in [-0.39, 0.29) is 12.0 Å². The van der Waals surface area contributed by atoms with Crippen LogP contribution in [0.5, 0.6) is 0 Å². The maximum atomic E-state index is 15.2. The van der Waals surface area contributed by atoms with E-state index < -0.39 is 54.5 Å². The van der Waals surface area contributed by atoms with Crippen LogP contribution in [0.3, 0.4) is 0 Å². The summed E-state index contributed by atoms with van der Waals surface area (Å²) in [6.07, 6.45) is -4.47. The van der Waals surface area contributed by atoms with Gasteiger partial charge in [-0.1, -0.05) is 62.7 Å². The largest absolute Gasteiger partial charge is 0.481 e. The topological polar surface area (TPSA) is 40.5 Å². The number of carboxylic acid groups (broad SMARTS) is 1. The van der Waals surface area contributed by atoms with Crippen LogP contribution in [0.25, 0.3) is 0 Å². The molecule has 3 rings (SSSR count). The molecule has 0 aromatic heterocycles. The number of aliphatic carboxylic acids is 1. The van der Waals surface area contributed by atoms with Gasteiger partial charge >= 0.3 is 12.1 Å². The molecule has 198 valence electrons. The number of hydrogen-bond acceptors (Lipinski definition) is 2. The molecule has 8 heteroatoms. The number of aryl methyl sites for hydroxylation is 1. The number of alkyl halides is 5. The molecular weight excluding hydrogens is 477 g/mol. The molecule has 0 unspecified atom stereocenters. The predicted molar refractivity (Wildman–Crippen MR) is 129 cm³/mol. The van der Waals surface area contributed by atoms with Gasteiger partial charge in [-0.05, 0) is 48.4 Å². The minimum absolute atomic E-state index is 0.00249. The Labute approximate surface area is 209 Å². The van der Waals surface area contributed by atoms with Crippen LogP contribution in [0.4, 0.5) is 22.0 Å². The normalized spacial score (nSPS) is 21.8. The smallest absolute Gasteiger partial charge is 0.416 e. The minimum atomic E-state index is -4.48. The third-order valence-corrected chi connectivity index (χ3v) is 6.99. The summed E-state index contributed by atoms with van der Waals surface area (Å²) in [5, 5.41) is 9.51. The number of nitrogens with zero attached hydrogens (tertiary/aromatic N) is 1. The van der Waals surface area contributed by atoms with Gasteiger partial charge in [-0.15, -0.1) is 0 Å². The highest BCUT2D eigenvalue weighted by atomic mass is 19.4. The maximum Gasteiger partial charge on any atom is 0.416 e. The third-order valence-electron chi connectivity index (χ3n) is 6.99. The molecule has 0 spiro atoms. The van der Waals surface area contributed by atoms with Gasteiger partial charge in [0.15, 0.2) is 0 Å². The first-order chi connectivity index (χ1) is 16.6. The molecule has 1 saturated heterocycles. The first-order valence-electron chi connectivity index (χ1n) is 12.2. The van der Waals surface area contributed by atoms with Crippen molar-refractivity contribution in [2.45, 2.75) is 77.6 Å². The molecule has 3 atom stereocenters. The van der Waals surface area contributed by atoms with E-state index >= 15 is 8.78 Å². The van der Waals surface area contributed by atoms with Crippen LogP contribution in [0.1, 0.15) is 80.8 Å². The summed E-state index contributed by atoms with van der Waals surface area (Å²) in [7, 11) is 0. The number of benzene rings is 2. The second kappa shape index (κ2) is 10.5. The van der Waals surface area contributed by atoms with Crippen LogP contribution in [0.15, 0.2) is 48.5 Å². The zero-order valence-corrected chi connectivity index (χ0v) is 21.1. The van der Waals surface area contributed by atoms with Gasteiger partial charge in [-0.25, -0.2) is 8.78 Å². The fourth-order valence-electron chi connectivity index (χ4n) is 5.04. The Morgan fingerprint density at radius 1 is 1.06 bits per heavy atom. The van der Waals surface area contributed by atoms with E-state index in [9.17, 15) is 23.1 Å². The van der Waals surface area contributed by atoms with Crippen molar-refractivity contribution in [1.82, 2.24) is 4.90 Å². The monoisotopic (exact) mass is 511 g/mol. The molecule has 1 fully saturated rings. The van der Waals surface area contributed by atoms with Crippen molar-refractivity contribution in [3.8, 4) is 0 Å². The highest BCUT2D eigenvalue weighted by Crippen LogP contribution is 2.50. The third kappa shape index (κ3) is 6.84. The molecule has 0 bridgehead atoms. The van der Waals surface area contributed by atoms with Crippen molar-refractivity contribution < 1.29 is 31.9 Å². The summed E-state index contributed by atoms with van der Waals surface area (Å²) < 4.78 is 70.1. The van der Waals surface area contributed by atoms with E-state index in [4.69, 9.17) is 0 Å². The van der Waals surface area contributed by atoms with Crippen LogP contribution in [0, 0.1) is 18.3 Å². The number of rotatable bonds is 7. The van der Waals surface area contributed by atoms with E-state index in [2.05, 4.69) is 0 Å². The average molecular weight is 512 g/mol. The van der Waals surface area contributed by atoms with Crippen molar-refractivity contribution in [2.24, 2.45) is 11.3 Å². The molecule has 0 saturated carbocycles. The number of hydrogen-bond donors (Lipinski definition) is 1. The zero-order valence-electron chi connectivity index (χ0n) is 21.1. The SMILES string of the molecule is Cc1ccc([C@@H]2[C@@H](CC(=O)O)C(F)(F)CCN2[C@H](CCC(C)(C)C)c2ccc(C(F)(F)F)cc2)cc1. The highest BCUT2D eigenvalue weighted by molar-refractivity contribution is 5.67. The summed E-state index contributed by atoms with van der Waals surface area (Å²) in [6.45, 7) is 8.02. The lowest BCUT2D eigenvalue weighted by molar-refractivity contribution is -0.163. The van der Waals surface area contributed by atoms with Crippen molar-refractivity contribution >= 4 is 5.97 Å². The molecule has 1 N–H and O–H groups in total. The Bertz CT molecular complexity index is 1030. The van der Waals surface area contributed by atoms with Crippen LogP contribution in [-0.2, 0) is 11.0 Å². The standard InChI is InChI=1S/C28H34F5NO2/c1-18-5-7-20(8-6-18)25-22(17-24(35)36)27(29,30)15-16-34(25)23(13-14-26(2,3)4)19-9-11-21(12-10-19)28(31,32)33/h5-12,22-23,25H,13-17H2,1-4H3,(H,35,36)/t22-,23-,25-/m1/s1. The molecule has 1 aliphatic heterocycles.